The lowest BCUT2D eigenvalue weighted by atomic mass is 10.1. The van der Waals surface area contributed by atoms with Crippen LogP contribution >= 0.6 is 0 Å². The summed E-state index contributed by atoms with van der Waals surface area (Å²) in [7, 11) is 2.04. The number of rotatable bonds is 7. The van der Waals surface area contributed by atoms with Crippen LogP contribution in [-0.4, -0.2) is 35.6 Å². The van der Waals surface area contributed by atoms with E-state index in [1.807, 2.05) is 19.3 Å². The third-order valence-electron chi connectivity index (χ3n) is 3.47. The van der Waals surface area contributed by atoms with Crippen molar-refractivity contribution in [1.29, 1.82) is 0 Å². The van der Waals surface area contributed by atoms with Crippen molar-refractivity contribution in [2.75, 3.05) is 13.6 Å². The van der Waals surface area contributed by atoms with Crippen LogP contribution in [0.25, 0.3) is 0 Å². The second-order valence-electron chi connectivity index (χ2n) is 4.43. The van der Waals surface area contributed by atoms with Crippen molar-refractivity contribution in [3.8, 4) is 0 Å². The van der Waals surface area contributed by atoms with Crippen LogP contribution in [0.5, 0.6) is 0 Å². The fourth-order valence-electron chi connectivity index (χ4n) is 2.28. The second kappa shape index (κ2) is 7.41. The first kappa shape index (κ1) is 14.1. The first-order valence-corrected chi connectivity index (χ1v) is 6.54. The van der Waals surface area contributed by atoms with Crippen LogP contribution in [0, 0.1) is 0 Å². The molecule has 1 heterocycles. The van der Waals surface area contributed by atoms with Gasteiger partial charge in [-0.1, -0.05) is 19.9 Å². The van der Waals surface area contributed by atoms with Gasteiger partial charge in [-0.2, -0.15) is 0 Å². The summed E-state index contributed by atoms with van der Waals surface area (Å²) >= 11 is 0. The third kappa shape index (κ3) is 4.10. The molecular weight excluding hydrogens is 210 g/mol. The van der Waals surface area contributed by atoms with Gasteiger partial charge in [0, 0.05) is 24.8 Å². The lowest BCUT2D eigenvalue weighted by molar-refractivity contribution is 0.168. The summed E-state index contributed by atoms with van der Waals surface area (Å²) in [5.41, 5.74) is 1.15. The number of hydrogen-bond acceptors (Lipinski definition) is 3. The standard InChI is InChI=1S/C14H25N3/c1-5-14(15-4)12(3)17(6-2)11-13-9-7-8-10-16-13/h7-10,12,14-15H,5-6,11H2,1-4H3. The number of nitrogens with one attached hydrogen (secondary N) is 1. The molecule has 0 fully saturated rings. The normalized spacial score (nSPS) is 14.9. The summed E-state index contributed by atoms with van der Waals surface area (Å²) in [5.74, 6) is 0. The SMILES string of the molecule is CCC(NC)C(C)N(CC)Cc1ccccn1. The quantitative estimate of drug-likeness (QED) is 0.786. The minimum absolute atomic E-state index is 0.525. The zero-order valence-electron chi connectivity index (χ0n) is 11.5. The molecule has 0 aliphatic heterocycles. The minimum atomic E-state index is 0.525. The molecule has 2 unspecified atom stereocenters. The molecule has 1 aromatic rings. The molecule has 0 aliphatic rings. The Morgan fingerprint density at radius 2 is 2.12 bits per heavy atom. The Morgan fingerprint density at radius 1 is 1.35 bits per heavy atom. The van der Waals surface area contributed by atoms with E-state index in [0.717, 1.165) is 25.2 Å². The lowest BCUT2D eigenvalue weighted by Crippen LogP contribution is -2.46. The van der Waals surface area contributed by atoms with E-state index in [-0.39, 0.29) is 0 Å². The van der Waals surface area contributed by atoms with E-state index in [1.165, 1.54) is 0 Å². The Bertz CT molecular complexity index is 296. The number of nitrogens with zero attached hydrogens (tertiary/aromatic N) is 2. The van der Waals surface area contributed by atoms with E-state index in [9.17, 15) is 0 Å². The molecule has 0 bridgehead atoms. The molecular formula is C14H25N3. The van der Waals surface area contributed by atoms with Gasteiger partial charge in [0.15, 0.2) is 0 Å². The van der Waals surface area contributed by atoms with Gasteiger partial charge in [0.2, 0.25) is 0 Å². The van der Waals surface area contributed by atoms with Crippen molar-refractivity contribution in [3.05, 3.63) is 30.1 Å². The van der Waals surface area contributed by atoms with Crippen molar-refractivity contribution in [2.45, 2.75) is 45.8 Å². The van der Waals surface area contributed by atoms with Crippen molar-refractivity contribution >= 4 is 0 Å². The highest BCUT2D eigenvalue weighted by Crippen LogP contribution is 2.10. The van der Waals surface area contributed by atoms with Gasteiger partial charge in [0.25, 0.3) is 0 Å². The van der Waals surface area contributed by atoms with Gasteiger partial charge in [0.05, 0.1) is 5.69 Å². The summed E-state index contributed by atoms with van der Waals surface area (Å²) in [6.07, 6.45) is 3.01. The van der Waals surface area contributed by atoms with E-state index in [1.54, 1.807) is 0 Å². The van der Waals surface area contributed by atoms with Gasteiger partial charge in [-0.15, -0.1) is 0 Å². The molecule has 0 saturated heterocycles. The van der Waals surface area contributed by atoms with Crippen molar-refractivity contribution in [2.24, 2.45) is 0 Å². The Labute approximate surface area is 105 Å². The number of likely N-dealkylation sites (N-methyl/N-ethyl adjacent to an activating group) is 2. The molecule has 1 rings (SSSR count). The zero-order chi connectivity index (χ0) is 12.7. The molecule has 2 atom stereocenters. The van der Waals surface area contributed by atoms with Crippen LogP contribution in [0.2, 0.25) is 0 Å². The van der Waals surface area contributed by atoms with E-state index >= 15 is 0 Å². The molecule has 0 aliphatic carbocycles. The highest BCUT2D eigenvalue weighted by atomic mass is 15.2. The van der Waals surface area contributed by atoms with E-state index in [2.05, 4.69) is 48.1 Å². The molecule has 0 saturated carbocycles. The topological polar surface area (TPSA) is 28.2 Å². The predicted molar refractivity (Wildman–Crippen MR) is 72.9 cm³/mol. The summed E-state index contributed by atoms with van der Waals surface area (Å²) in [6.45, 7) is 8.71. The van der Waals surface area contributed by atoms with Crippen LogP contribution < -0.4 is 5.32 Å². The van der Waals surface area contributed by atoms with Gasteiger partial charge >= 0.3 is 0 Å². The number of pyridine rings is 1. The molecule has 0 amide bonds. The molecule has 0 radical (unpaired) electrons. The van der Waals surface area contributed by atoms with Crippen LogP contribution in [0.4, 0.5) is 0 Å². The van der Waals surface area contributed by atoms with Gasteiger partial charge < -0.3 is 5.32 Å². The van der Waals surface area contributed by atoms with Crippen molar-refractivity contribution in [3.63, 3.8) is 0 Å². The van der Waals surface area contributed by atoms with Crippen LogP contribution in [0.15, 0.2) is 24.4 Å². The maximum Gasteiger partial charge on any atom is 0.0544 e. The fourth-order valence-corrected chi connectivity index (χ4v) is 2.28. The number of aromatic nitrogens is 1. The zero-order valence-corrected chi connectivity index (χ0v) is 11.5. The maximum absolute atomic E-state index is 4.40. The monoisotopic (exact) mass is 235 g/mol. The summed E-state index contributed by atoms with van der Waals surface area (Å²) < 4.78 is 0. The second-order valence-corrected chi connectivity index (χ2v) is 4.43. The molecule has 3 heteroatoms. The Morgan fingerprint density at radius 3 is 2.59 bits per heavy atom. The number of hydrogen-bond donors (Lipinski definition) is 1. The molecule has 0 aromatic carbocycles. The molecule has 96 valence electrons. The first-order chi connectivity index (χ1) is 8.22. The molecule has 1 aromatic heterocycles. The van der Waals surface area contributed by atoms with Crippen molar-refractivity contribution < 1.29 is 0 Å². The van der Waals surface area contributed by atoms with Crippen molar-refractivity contribution in [1.82, 2.24) is 15.2 Å². The Hall–Kier alpha value is -0.930. The van der Waals surface area contributed by atoms with Crippen LogP contribution in [-0.2, 0) is 6.54 Å². The lowest BCUT2D eigenvalue weighted by Gasteiger charge is -2.33. The average molecular weight is 235 g/mol. The summed E-state index contributed by atoms with van der Waals surface area (Å²) in [4.78, 5) is 6.86. The van der Waals surface area contributed by atoms with Gasteiger partial charge in [0.1, 0.15) is 0 Å². The van der Waals surface area contributed by atoms with Gasteiger partial charge in [-0.3, -0.25) is 9.88 Å². The highest BCUT2D eigenvalue weighted by Gasteiger charge is 2.20. The van der Waals surface area contributed by atoms with Gasteiger partial charge in [-0.05, 0) is 39.1 Å². The first-order valence-electron chi connectivity index (χ1n) is 6.54. The molecule has 3 nitrogen and oxygen atoms in total. The average Bonchev–Trinajstić information content (AvgIpc) is 2.38. The highest BCUT2D eigenvalue weighted by molar-refractivity contribution is 5.03. The summed E-state index contributed by atoms with van der Waals surface area (Å²) in [6, 6.07) is 7.17. The molecule has 0 spiro atoms. The largest absolute Gasteiger partial charge is 0.315 e. The van der Waals surface area contributed by atoms with E-state index in [0.29, 0.717) is 12.1 Å². The van der Waals surface area contributed by atoms with E-state index in [4.69, 9.17) is 0 Å². The maximum atomic E-state index is 4.40. The predicted octanol–water partition coefficient (Wildman–Crippen LogP) is 2.29. The van der Waals surface area contributed by atoms with Crippen LogP contribution in [0.1, 0.15) is 32.9 Å². The van der Waals surface area contributed by atoms with Gasteiger partial charge in [-0.25, -0.2) is 0 Å². The minimum Gasteiger partial charge on any atom is -0.315 e. The Kier molecular flexibility index (Phi) is 6.16. The third-order valence-corrected chi connectivity index (χ3v) is 3.47. The molecule has 17 heavy (non-hydrogen) atoms. The smallest absolute Gasteiger partial charge is 0.0544 e. The Balaban J connectivity index is 2.65. The van der Waals surface area contributed by atoms with Crippen LogP contribution in [0.3, 0.4) is 0 Å². The van der Waals surface area contributed by atoms with E-state index < -0.39 is 0 Å². The molecule has 1 N–H and O–H groups in total. The summed E-state index contributed by atoms with van der Waals surface area (Å²) in [5, 5.41) is 3.39. The fraction of sp³-hybridized carbons (Fsp3) is 0.643.